The Morgan fingerprint density at radius 2 is 1.54 bits per heavy atom. The Bertz CT molecular complexity index is 1270. The second-order valence-electron chi connectivity index (χ2n) is 8.39. The number of ether oxygens (including phenoxy) is 2. The second-order valence-corrected chi connectivity index (χ2v) is 8.39. The van der Waals surface area contributed by atoms with Crippen molar-refractivity contribution in [2.24, 2.45) is 0 Å². The normalized spacial score (nSPS) is 17.2. The van der Waals surface area contributed by atoms with E-state index in [2.05, 4.69) is 10.6 Å². The first kappa shape index (κ1) is 23.8. The van der Waals surface area contributed by atoms with Gasteiger partial charge in [-0.3, -0.25) is 14.5 Å². The lowest BCUT2D eigenvalue weighted by Gasteiger charge is -2.28. The molecule has 1 aliphatic heterocycles. The Balaban J connectivity index is 1.65. The van der Waals surface area contributed by atoms with Crippen molar-refractivity contribution in [1.82, 2.24) is 10.2 Å². The maximum atomic E-state index is 13.8. The summed E-state index contributed by atoms with van der Waals surface area (Å²) < 4.78 is 10.5. The lowest BCUT2D eigenvalue weighted by atomic mass is 9.81. The smallest absolute Gasteiger partial charge is 0.326 e. The minimum atomic E-state index is -1.43. The van der Waals surface area contributed by atoms with Crippen molar-refractivity contribution in [3.05, 3.63) is 89.0 Å². The van der Waals surface area contributed by atoms with E-state index in [1.54, 1.807) is 30.3 Å². The first-order valence-electron chi connectivity index (χ1n) is 11.1. The SMILES string of the molecule is COc1cc(NC(=O)CN2C(=O)NC(c3ccccc3)(c3ccc(C)c(C)c3)C2=O)cc(OC)c1. The highest BCUT2D eigenvalue weighted by Gasteiger charge is 2.54. The van der Waals surface area contributed by atoms with Crippen LogP contribution in [0, 0.1) is 13.8 Å². The van der Waals surface area contributed by atoms with Gasteiger partial charge < -0.3 is 20.1 Å². The molecule has 1 unspecified atom stereocenters. The van der Waals surface area contributed by atoms with Crippen molar-refractivity contribution < 1.29 is 23.9 Å². The van der Waals surface area contributed by atoms with Crippen molar-refractivity contribution in [1.29, 1.82) is 0 Å². The van der Waals surface area contributed by atoms with Gasteiger partial charge in [-0.2, -0.15) is 0 Å². The highest BCUT2D eigenvalue weighted by atomic mass is 16.5. The van der Waals surface area contributed by atoms with Crippen LogP contribution < -0.4 is 20.1 Å². The molecular formula is C27H27N3O5. The average molecular weight is 474 g/mol. The highest BCUT2D eigenvalue weighted by molar-refractivity contribution is 6.12. The fourth-order valence-electron chi connectivity index (χ4n) is 4.16. The van der Waals surface area contributed by atoms with E-state index >= 15 is 0 Å². The van der Waals surface area contributed by atoms with Crippen LogP contribution in [0.15, 0.2) is 66.7 Å². The molecule has 4 amide bonds. The number of rotatable bonds is 7. The zero-order valence-electron chi connectivity index (χ0n) is 20.0. The first-order valence-corrected chi connectivity index (χ1v) is 11.1. The predicted molar refractivity (Wildman–Crippen MR) is 132 cm³/mol. The maximum Gasteiger partial charge on any atom is 0.326 e. The molecule has 0 bridgehead atoms. The average Bonchev–Trinajstić information content (AvgIpc) is 3.11. The number of hydrogen-bond donors (Lipinski definition) is 2. The number of urea groups is 1. The molecule has 0 radical (unpaired) electrons. The van der Waals surface area contributed by atoms with E-state index in [0.717, 1.165) is 16.0 Å². The van der Waals surface area contributed by atoms with E-state index in [0.29, 0.717) is 28.3 Å². The molecule has 3 aromatic carbocycles. The number of carbonyl (C=O) groups excluding carboxylic acids is 3. The molecule has 0 aliphatic carbocycles. The van der Waals surface area contributed by atoms with E-state index in [1.807, 2.05) is 50.2 Å². The quantitative estimate of drug-likeness (QED) is 0.510. The third-order valence-electron chi connectivity index (χ3n) is 6.19. The number of methoxy groups -OCH3 is 2. The van der Waals surface area contributed by atoms with Gasteiger partial charge in [0.1, 0.15) is 18.0 Å². The molecule has 2 N–H and O–H groups in total. The Kier molecular flexibility index (Phi) is 6.46. The number of imide groups is 1. The molecule has 8 nitrogen and oxygen atoms in total. The van der Waals surface area contributed by atoms with Crippen molar-refractivity contribution in [2.75, 3.05) is 26.1 Å². The summed E-state index contributed by atoms with van der Waals surface area (Å²) >= 11 is 0. The zero-order valence-corrected chi connectivity index (χ0v) is 20.0. The van der Waals surface area contributed by atoms with Crippen molar-refractivity contribution in [3.63, 3.8) is 0 Å². The van der Waals surface area contributed by atoms with Gasteiger partial charge in [0, 0.05) is 23.9 Å². The van der Waals surface area contributed by atoms with Crippen LogP contribution in [0.3, 0.4) is 0 Å². The summed E-state index contributed by atoms with van der Waals surface area (Å²) in [6.45, 7) is 3.48. The van der Waals surface area contributed by atoms with Crippen LogP contribution >= 0.6 is 0 Å². The molecule has 0 aromatic heterocycles. The van der Waals surface area contributed by atoms with E-state index in [4.69, 9.17) is 9.47 Å². The van der Waals surface area contributed by atoms with Crippen LogP contribution in [0.2, 0.25) is 0 Å². The van der Waals surface area contributed by atoms with Crippen molar-refractivity contribution in [3.8, 4) is 11.5 Å². The van der Waals surface area contributed by atoms with Gasteiger partial charge >= 0.3 is 6.03 Å². The molecule has 1 fully saturated rings. The van der Waals surface area contributed by atoms with Crippen LogP contribution in [0.4, 0.5) is 10.5 Å². The van der Waals surface area contributed by atoms with Crippen LogP contribution in [0.5, 0.6) is 11.5 Å². The molecule has 0 spiro atoms. The molecule has 1 aliphatic rings. The maximum absolute atomic E-state index is 13.8. The van der Waals surface area contributed by atoms with Gasteiger partial charge in [0.25, 0.3) is 5.91 Å². The minimum Gasteiger partial charge on any atom is -0.497 e. The number of carbonyl (C=O) groups is 3. The monoisotopic (exact) mass is 473 g/mol. The molecule has 35 heavy (non-hydrogen) atoms. The summed E-state index contributed by atoms with van der Waals surface area (Å²) in [7, 11) is 3.01. The van der Waals surface area contributed by atoms with E-state index < -0.39 is 29.9 Å². The number of nitrogens with one attached hydrogen (secondary N) is 2. The third kappa shape index (κ3) is 4.42. The van der Waals surface area contributed by atoms with Crippen LogP contribution in [0.25, 0.3) is 0 Å². The van der Waals surface area contributed by atoms with Gasteiger partial charge in [-0.05, 0) is 36.1 Å². The fourth-order valence-corrected chi connectivity index (χ4v) is 4.16. The van der Waals surface area contributed by atoms with Gasteiger partial charge in [0.05, 0.1) is 14.2 Å². The van der Waals surface area contributed by atoms with E-state index in [-0.39, 0.29) is 0 Å². The summed E-state index contributed by atoms with van der Waals surface area (Å²) in [6, 6.07) is 19.0. The molecule has 180 valence electrons. The molecule has 1 saturated heterocycles. The van der Waals surface area contributed by atoms with E-state index in [1.165, 1.54) is 14.2 Å². The Morgan fingerprint density at radius 3 is 2.14 bits per heavy atom. The zero-order chi connectivity index (χ0) is 25.2. The van der Waals surface area contributed by atoms with E-state index in [9.17, 15) is 14.4 Å². The Labute approximate surface area is 203 Å². The highest BCUT2D eigenvalue weighted by Crippen LogP contribution is 2.37. The van der Waals surface area contributed by atoms with Crippen LogP contribution in [-0.2, 0) is 15.1 Å². The molecule has 1 heterocycles. The standard InChI is InChI=1S/C27H27N3O5/c1-17-10-11-20(12-18(17)2)27(19-8-6-5-7-9-19)25(32)30(26(33)29-27)16-24(31)28-21-13-22(34-3)15-23(14-21)35-4/h5-15H,16H2,1-4H3,(H,28,31)(H,29,33). The number of benzene rings is 3. The molecule has 4 rings (SSSR count). The third-order valence-corrected chi connectivity index (χ3v) is 6.19. The summed E-state index contributed by atoms with van der Waals surface area (Å²) in [6.07, 6.45) is 0. The Morgan fingerprint density at radius 1 is 0.886 bits per heavy atom. The summed E-state index contributed by atoms with van der Waals surface area (Å²) in [5, 5.41) is 5.58. The number of aryl methyl sites for hydroxylation is 2. The lowest BCUT2D eigenvalue weighted by molar-refractivity contribution is -0.133. The number of amides is 4. The van der Waals surface area contributed by atoms with Gasteiger partial charge in [-0.15, -0.1) is 0 Å². The number of nitrogens with zero attached hydrogens (tertiary/aromatic N) is 1. The van der Waals surface area contributed by atoms with Gasteiger partial charge in [-0.1, -0.05) is 48.5 Å². The largest absolute Gasteiger partial charge is 0.497 e. The fraction of sp³-hybridized carbons (Fsp3) is 0.222. The van der Waals surface area contributed by atoms with Gasteiger partial charge in [-0.25, -0.2) is 4.79 Å². The van der Waals surface area contributed by atoms with Crippen molar-refractivity contribution in [2.45, 2.75) is 19.4 Å². The molecule has 0 saturated carbocycles. The van der Waals surface area contributed by atoms with Crippen LogP contribution in [0.1, 0.15) is 22.3 Å². The number of hydrogen-bond acceptors (Lipinski definition) is 5. The second kappa shape index (κ2) is 9.50. The van der Waals surface area contributed by atoms with Crippen molar-refractivity contribution >= 4 is 23.5 Å². The first-order chi connectivity index (χ1) is 16.8. The topological polar surface area (TPSA) is 97.0 Å². The Hall–Kier alpha value is -4.33. The van der Waals surface area contributed by atoms with Gasteiger partial charge in [0.2, 0.25) is 5.91 Å². The molecule has 3 aromatic rings. The minimum absolute atomic E-state index is 0.418. The van der Waals surface area contributed by atoms with Gasteiger partial charge in [0.15, 0.2) is 5.54 Å². The molecule has 1 atom stereocenters. The molecular weight excluding hydrogens is 446 g/mol. The lowest BCUT2D eigenvalue weighted by Crippen LogP contribution is -2.45. The predicted octanol–water partition coefficient (Wildman–Crippen LogP) is 3.75. The summed E-state index contributed by atoms with van der Waals surface area (Å²) in [4.78, 5) is 40.7. The summed E-state index contributed by atoms with van der Waals surface area (Å²) in [5.41, 5.74) is 2.28. The molecule has 8 heteroatoms. The number of anilines is 1. The summed E-state index contributed by atoms with van der Waals surface area (Å²) in [5.74, 6) is -0.0666. The van der Waals surface area contributed by atoms with Crippen LogP contribution in [-0.4, -0.2) is 43.5 Å².